The Morgan fingerprint density at radius 2 is 2.38 bits per heavy atom. The summed E-state index contributed by atoms with van der Waals surface area (Å²) in [5, 5.41) is 15.1. The van der Waals surface area contributed by atoms with Crippen LogP contribution in [-0.4, -0.2) is 10.2 Å². The van der Waals surface area contributed by atoms with Crippen LogP contribution >= 0.6 is 22.7 Å². The average molecular weight is 211 g/mol. The first-order valence-electron chi connectivity index (χ1n) is 3.91. The Morgan fingerprint density at radius 1 is 1.46 bits per heavy atom. The van der Waals surface area contributed by atoms with Crippen molar-refractivity contribution >= 4 is 27.8 Å². The van der Waals surface area contributed by atoms with Crippen LogP contribution in [0.3, 0.4) is 0 Å². The third-order valence-corrected chi connectivity index (χ3v) is 3.19. The maximum Gasteiger partial charge on any atom is 0.205 e. The Labute approximate surface area is 84.5 Å². The van der Waals surface area contributed by atoms with Crippen molar-refractivity contribution in [1.82, 2.24) is 10.2 Å². The minimum atomic E-state index is 0.840. The smallest absolute Gasteiger partial charge is 0.205 e. The number of thiophene rings is 1. The van der Waals surface area contributed by atoms with Crippen LogP contribution in [0.15, 0.2) is 17.5 Å². The molecule has 0 unspecified atom stereocenters. The Balaban J connectivity index is 1.93. The van der Waals surface area contributed by atoms with Crippen LogP contribution in [-0.2, 0) is 6.54 Å². The normalized spacial score (nSPS) is 10.2. The third-order valence-electron chi connectivity index (χ3n) is 1.52. The molecule has 68 valence electrons. The van der Waals surface area contributed by atoms with Gasteiger partial charge in [-0.1, -0.05) is 17.4 Å². The summed E-state index contributed by atoms with van der Waals surface area (Å²) in [6.45, 7) is 2.79. The molecule has 0 amide bonds. The van der Waals surface area contributed by atoms with E-state index >= 15 is 0 Å². The van der Waals surface area contributed by atoms with Crippen LogP contribution in [0.25, 0.3) is 0 Å². The van der Waals surface area contributed by atoms with Gasteiger partial charge >= 0.3 is 0 Å². The van der Waals surface area contributed by atoms with Crippen molar-refractivity contribution in [1.29, 1.82) is 0 Å². The van der Waals surface area contributed by atoms with Crippen LogP contribution in [0.2, 0.25) is 0 Å². The second-order valence-corrected chi connectivity index (χ2v) is 4.77. The summed E-state index contributed by atoms with van der Waals surface area (Å²) in [7, 11) is 0. The Morgan fingerprint density at radius 3 is 3.00 bits per heavy atom. The lowest BCUT2D eigenvalue weighted by Gasteiger charge is -1.96. The number of rotatable bonds is 3. The Kier molecular flexibility index (Phi) is 2.56. The van der Waals surface area contributed by atoms with Gasteiger partial charge < -0.3 is 5.32 Å². The number of anilines is 1. The molecule has 2 aromatic rings. The summed E-state index contributed by atoms with van der Waals surface area (Å²) in [6.07, 6.45) is 0. The zero-order valence-electron chi connectivity index (χ0n) is 7.15. The molecule has 1 N–H and O–H groups in total. The highest BCUT2D eigenvalue weighted by Crippen LogP contribution is 2.16. The van der Waals surface area contributed by atoms with Gasteiger partial charge in [-0.3, -0.25) is 0 Å². The molecule has 2 aromatic heterocycles. The lowest BCUT2D eigenvalue weighted by molar-refractivity contribution is 1.03. The van der Waals surface area contributed by atoms with E-state index in [4.69, 9.17) is 0 Å². The van der Waals surface area contributed by atoms with Crippen molar-refractivity contribution in [3.8, 4) is 0 Å². The van der Waals surface area contributed by atoms with Crippen molar-refractivity contribution in [2.75, 3.05) is 5.32 Å². The molecule has 0 atom stereocenters. The van der Waals surface area contributed by atoms with E-state index in [0.29, 0.717) is 0 Å². The van der Waals surface area contributed by atoms with Crippen molar-refractivity contribution in [3.63, 3.8) is 0 Å². The van der Waals surface area contributed by atoms with E-state index in [-0.39, 0.29) is 0 Å². The molecule has 2 rings (SSSR count). The first-order chi connectivity index (χ1) is 6.34. The number of aryl methyl sites for hydroxylation is 1. The molecular formula is C8H9N3S2. The molecule has 0 radical (unpaired) electrons. The molecule has 5 heteroatoms. The van der Waals surface area contributed by atoms with Crippen LogP contribution in [0.4, 0.5) is 5.13 Å². The topological polar surface area (TPSA) is 37.8 Å². The first-order valence-corrected chi connectivity index (χ1v) is 5.60. The molecule has 0 fully saturated rings. The first kappa shape index (κ1) is 8.65. The van der Waals surface area contributed by atoms with Gasteiger partial charge in [0.25, 0.3) is 0 Å². The van der Waals surface area contributed by atoms with Gasteiger partial charge in [0.1, 0.15) is 5.01 Å². The van der Waals surface area contributed by atoms with Crippen molar-refractivity contribution in [3.05, 3.63) is 27.4 Å². The van der Waals surface area contributed by atoms with E-state index in [1.54, 1.807) is 22.7 Å². The maximum absolute atomic E-state index is 3.98. The van der Waals surface area contributed by atoms with Crippen LogP contribution in [0.5, 0.6) is 0 Å². The predicted molar refractivity (Wildman–Crippen MR) is 56.3 cm³/mol. The number of hydrogen-bond donors (Lipinski definition) is 1. The van der Waals surface area contributed by atoms with Gasteiger partial charge in [0.15, 0.2) is 0 Å². The van der Waals surface area contributed by atoms with Crippen molar-refractivity contribution < 1.29 is 0 Å². The minimum Gasteiger partial charge on any atom is -0.355 e. The van der Waals surface area contributed by atoms with E-state index in [1.807, 2.05) is 13.0 Å². The zero-order valence-corrected chi connectivity index (χ0v) is 8.78. The number of aromatic nitrogens is 2. The molecule has 0 aliphatic rings. The van der Waals surface area contributed by atoms with Gasteiger partial charge in [-0.05, 0) is 18.4 Å². The highest BCUT2D eigenvalue weighted by molar-refractivity contribution is 7.15. The van der Waals surface area contributed by atoms with E-state index in [1.165, 1.54) is 4.88 Å². The molecule has 3 nitrogen and oxygen atoms in total. The minimum absolute atomic E-state index is 0.840. The molecule has 0 aliphatic heterocycles. The fourth-order valence-corrected chi connectivity index (χ4v) is 2.18. The maximum atomic E-state index is 3.98. The Hall–Kier alpha value is -0.940. The lowest BCUT2D eigenvalue weighted by atomic mass is 10.5. The van der Waals surface area contributed by atoms with Crippen molar-refractivity contribution in [2.45, 2.75) is 13.5 Å². The van der Waals surface area contributed by atoms with Crippen LogP contribution in [0, 0.1) is 6.92 Å². The molecule has 0 aliphatic carbocycles. The molecular weight excluding hydrogens is 202 g/mol. The summed E-state index contributed by atoms with van der Waals surface area (Å²) in [5.74, 6) is 0. The van der Waals surface area contributed by atoms with Gasteiger partial charge in [-0.25, -0.2) is 0 Å². The summed E-state index contributed by atoms with van der Waals surface area (Å²) in [4.78, 5) is 1.31. The molecule has 2 heterocycles. The second-order valence-electron chi connectivity index (χ2n) is 2.56. The molecule has 0 aromatic carbocycles. The van der Waals surface area contributed by atoms with Crippen LogP contribution in [0.1, 0.15) is 9.88 Å². The summed E-state index contributed by atoms with van der Waals surface area (Å²) < 4.78 is 0. The van der Waals surface area contributed by atoms with E-state index in [9.17, 15) is 0 Å². The zero-order chi connectivity index (χ0) is 9.10. The summed E-state index contributed by atoms with van der Waals surface area (Å²) in [5.41, 5.74) is 0. The molecule has 0 bridgehead atoms. The van der Waals surface area contributed by atoms with Gasteiger partial charge in [0.2, 0.25) is 5.13 Å². The largest absolute Gasteiger partial charge is 0.355 e. The van der Waals surface area contributed by atoms with E-state index in [0.717, 1.165) is 16.7 Å². The van der Waals surface area contributed by atoms with E-state index in [2.05, 4.69) is 27.0 Å². The monoisotopic (exact) mass is 211 g/mol. The lowest BCUT2D eigenvalue weighted by Crippen LogP contribution is -1.96. The van der Waals surface area contributed by atoms with Gasteiger partial charge in [-0.15, -0.1) is 21.5 Å². The number of hydrogen-bond acceptors (Lipinski definition) is 5. The quantitative estimate of drug-likeness (QED) is 0.847. The fraction of sp³-hybridized carbons (Fsp3) is 0.250. The highest BCUT2D eigenvalue weighted by Gasteiger charge is 1.99. The SMILES string of the molecule is Cc1nnc(NCc2cccs2)s1. The molecule has 0 saturated carbocycles. The summed E-state index contributed by atoms with van der Waals surface area (Å²) in [6, 6.07) is 4.15. The predicted octanol–water partition coefficient (Wildman–Crippen LogP) is 2.52. The standard InChI is InChI=1S/C8H9N3S2/c1-6-10-11-8(13-6)9-5-7-3-2-4-12-7/h2-4H,5H2,1H3,(H,9,11). The van der Waals surface area contributed by atoms with Gasteiger partial charge in [0, 0.05) is 4.88 Å². The van der Waals surface area contributed by atoms with E-state index < -0.39 is 0 Å². The fourth-order valence-electron chi connectivity index (χ4n) is 0.944. The molecule has 0 saturated heterocycles. The third kappa shape index (κ3) is 2.26. The van der Waals surface area contributed by atoms with Gasteiger partial charge in [0.05, 0.1) is 6.54 Å². The summed E-state index contributed by atoms with van der Waals surface area (Å²) >= 11 is 3.32. The Bertz CT molecular complexity index is 366. The second kappa shape index (κ2) is 3.85. The molecule has 0 spiro atoms. The molecule has 13 heavy (non-hydrogen) atoms. The number of nitrogens with zero attached hydrogens (tertiary/aromatic N) is 2. The van der Waals surface area contributed by atoms with Gasteiger partial charge in [-0.2, -0.15) is 0 Å². The van der Waals surface area contributed by atoms with Crippen LogP contribution < -0.4 is 5.32 Å². The van der Waals surface area contributed by atoms with Crippen molar-refractivity contribution in [2.24, 2.45) is 0 Å². The number of nitrogens with one attached hydrogen (secondary N) is 1. The highest BCUT2D eigenvalue weighted by atomic mass is 32.1. The average Bonchev–Trinajstić information content (AvgIpc) is 2.71.